The maximum atomic E-state index is 9.24. The van der Waals surface area contributed by atoms with Gasteiger partial charge in [0.15, 0.2) is 0 Å². The highest BCUT2D eigenvalue weighted by Crippen LogP contribution is 2.29. The highest BCUT2D eigenvalue weighted by molar-refractivity contribution is 7.09. The SMILES string of the molecule is CCC(CO)Cc1nc(C2CCN(C)CC2)cs1. The lowest BCUT2D eigenvalue weighted by Gasteiger charge is -2.27. The first-order valence-corrected chi connectivity index (χ1v) is 7.84. The molecule has 1 N–H and O–H groups in total. The van der Waals surface area contributed by atoms with E-state index in [0.717, 1.165) is 12.8 Å². The van der Waals surface area contributed by atoms with E-state index in [9.17, 15) is 5.11 Å². The Balaban J connectivity index is 1.93. The van der Waals surface area contributed by atoms with E-state index in [1.54, 1.807) is 11.3 Å². The summed E-state index contributed by atoms with van der Waals surface area (Å²) in [7, 11) is 2.19. The molecule has 1 aromatic heterocycles. The van der Waals surface area contributed by atoms with E-state index >= 15 is 0 Å². The Kier molecular flexibility index (Phi) is 5.15. The third kappa shape index (κ3) is 3.53. The highest BCUT2D eigenvalue weighted by Gasteiger charge is 2.21. The van der Waals surface area contributed by atoms with Crippen LogP contribution in [0.2, 0.25) is 0 Å². The van der Waals surface area contributed by atoms with Gasteiger partial charge in [0, 0.05) is 24.3 Å². The Hall–Kier alpha value is -0.450. The summed E-state index contributed by atoms with van der Waals surface area (Å²) in [6.45, 7) is 4.78. The number of piperidine rings is 1. The molecule has 4 heteroatoms. The molecule has 1 unspecified atom stereocenters. The van der Waals surface area contributed by atoms with Crippen LogP contribution in [0.4, 0.5) is 0 Å². The predicted molar refractivity (Wildman–Crippen MR) is 76.2 cm³/mol. The maximum absolute atomic E-state index is 9.24. The van der Waals surface area contributed by atoms with E-state index in [2.05, 4.69) is 24.3 Å². The van der Waals surface area contributed by atoms with Crippen LogP contribution in [-0.2, 0) is 6.42 Å². The monoisotopic (exact) mass is 268 g/mol. The van der Waals surface area contributed by atoms with Crippen LogP contribution in [0.15, 0.2) is 5.38 Å². The molecule has 1 atom stereocenters. The number of hydrogen-bond donors (Lipinski definition) is 1. The lowest BCUT2D eigenvalue weighted by Crippen LogP contribution is -2.29. The van der Waals surface area contributed by atoms with E-state index in [1.807, 2.05) is 0 Å². The van der Waals surface area contributed by atoms with Gasteiger partial charge in [-0.3, -0.25) is 0 Å². The highest BCUT2D eigenvalue weighted by atomic mass is 32.1. The van der Waals surface area contributed by atoms with Gasteiger partial charge in [-0.15, -0.1) is 11.3 Å². The van der Waals surface area contributed by atoms with Gasteiger partial charge in [0.2, 0.25) is 0 Å². The molecule has 2 heterocycles. The van der Waals surface area contributed by atoms with Gasteiger partial charge < -0.3 is 10.0 Å². The van der Waals surface area contributed by atoms with Gasteiger partial charge >= 0.3 is 0 Å². The van der Waals surface area contributed by atoms with Crippen molar-refractivity contribution in [2.24, 2.45) is 5.92 Å². The zero-order valence-corrected chi connectivity index (χ0v) is 12.2. The zero-order chi connectivity index (χ0) is 13.0. The molecule has 18 heavy (non-hydrogen) atoms. The van der Waals surface area contributed by atoms with Crippen LogP contribution in [0.3, 0.4) is 0 Å². The third-order valence-corrected chi connectivity index (χ3v) is 4.89. The fourth-order valence-corrected chi connectivity index (χ4v) is 3.49. The minimum Gasteiger partial charge on any atom is -0.396 e. The predicted octanol–water partition coefficient (Wildman–Crippen LogP) is 2.51. The Morgan fingerprint density at radius 1 is 1.50 bits per heavy atom. The summed E-state index contributed by atoms with van der Waals surface area (Å²) in [6.07, 6.45) is 4.43. The Morgan fingerprint density at radius 2 is 2.22 bits per heavy atom. The van der Waals surface area contributed by atoms with Crippen molar-refractivity contribution in [3.8, 4) is 0 Å². The van der Waals surface area contributed by atoms with Crippen molar-refractivity contribution < 1.29 is 5.11 Å². The second-order valence-corrected chi connectivity index (χ2v) is 6.35. The van der Waals surface area contributed by atoms with E-state index in [4.69, 9.17) is 4.98 Å². The number of thiazole rings is 1. The molecule has 0 aliphatic carbocycles. The molecule has 2 rings (SSSR count). The van der Waals surface area contributed by atoms with Crippen molar-refractivity contribution >= 4 is 11.3 Å². The molecule has 0 bridgehead atoms. The van der Waals surface area contributed by atoms with Gasteiger partial charge in [-0.2, -0.15) is 0 Å². The van der Waals surface area contributed by atoms with Crippen molar-refractivity contribution in [2.45, 2.75) is 38.5 Å². The maximum Gasteiger partial charge on any atom is 0.0932 e. The molecule has 3 nitrogen and oxygen atoms in total. The van der Waals surface area contributed by atoms with Gasteiger partial charge in [0.25, 0.3) is 0 Å². The van der Waals surface area contributed by atoms with Crippen LogP contribution in [0.1, 0.15) is 42.8 Å². The van der Waals surface area contributed by atoms with Crippen LogP contribution in [-0.4, -0.2) is 41.7 Å². The summed E-state index contributed by atoms with van der Waals surface area (Å²) in [6, 6.07) is 0. The molecular weight excluding hydrogens is 244 g/mol. The fraction of sp³-hybridized carbons (Fsp3) is 0.786. The van der Waals surface area contributed by atoms with E-state index in [1.165, 1.54) is 36.6 Å². The number of rotatable bonds is 5. The Bertz CT molecular complexity index is 354. The average Bonchev–Trinajstić information content (AvgIpc) is 2.85. The summed E-state index contributed by atoms with van der Waals surface area (Å²) < 4.78 is 0. The smallest absolute Gasteiger partial charge is 0.0932 e. The van der Waals surface area contributed by atoms with E-state index in [-0.39, 0.29) is 6.61 Å². The molecule has 1 aromatic rings. The van der Waals surface area contributed by atoms with Gasteiger partial charge in [-0.25, -0.2) is 4.98 Å². The molecule has 0 amide bonds. The lowest BCUT2D eigenvalue weighted by molar-refractivity contribution is 0.221. The molecular formula is C14H24N2OS. The largest absolute Gasteiger partial charge is 0.396 e. The molecule has 1 saturated heterocycles. The second kappa shape index (κ2) is 6.64. The zero-order valence-electron chi connectivity index (χ0n) is 11.4. The van der Waals surface area contributed by atoms with Gasteiger partial charge in [0.1, 0.15) is 0 Å². The summed E-state index contributed by atoms with van der Waals surface area (Å²) in [5, 5.41) is 12.7. The normalized spacial score (nSPS) is 20.2. The third-order valence-electron chi connectivity index (χ3n) is 4.01. The summed E-state index contributed by atoms with van der Waals surface area (Å²) in [4.78, 5) is 7.18. The number of hydrogen-bond acceptors (Lipinski definition) is 4. The summed E-state index contributed by atoms with van der Waals surface area (Å²) >= 11 is 1.77. The van der Waals surface area contributed by atoms with Gasteiger partial charge in [-0.1, -0.05) is 13.3 Å². The fourth-order valence-electron chi connectivity index (χ4n) is 2.50. The first-order valence-electron chi connectivity index (χ1n) is 6.96. The van der Waals surface area contributed by atoms with Crippen molar-refractivity contribution in [1.82, 2.24) is 9.88 Å². The first-order chi connectivity index (χ1) is 8.72. The number of aliphatic hydroxyl groups excluding tert-OH is 1. The van der Waals surface area contributed by atoms with Crippen LogP contribution in [0.25, 0.3) is 0 Å². The molecule has 1 aliphatic rings. The minimum atomic E-state index is 0.277. The minimum absolute atomic E-state index is 0.277. The standard InChI is InChI=1S/C14H24N2OS/c1-3-11(9-17)8-14-15-13(10-18-14)12-4-6-16(2)7-5-12/h10-12,17H,3-9H2,1-2H3. The molecule has 1 aliphatic heterocycles. The van der Waals surface area contributed by atoms with Crippen molar-refractivity contribution in [2.75, 3.05) is 26.7 Å². The Morgan fingerprint density at radius 3 is 2.83 bits per heavy atom. The first kappa shape index (κ1) is 14.0. The lowest BCUT2D eigenvalue weighted by atomic mass is 9.94. The number of aliphatic hydroxyl groups is 1. The quantitative estimate of drug-likeness (QED) is 0.891. The van der Waals surface area contributed by atoms with Crippen LogP contribution < -0.4 is 0 Å². The summed E-state index contributed by atoms with van der Waals surface area (Å²) in [5.74, 6) is 1.03. The summed E-state index contributed by atoms with van der Waals surface area (Å²) in [5.41, 5.74) is 1.29. The van der Waals surface area contributed by atoms with E-state index in [0.29, 0.717) is 11.8 Å². The van der Waals surface area contributed by atoms with Gasteiger partial charge in [0.05, 0.1) is 10.7 Å². The number of aromatic nitrogens is 1. The molecule has 0 aromatic carbocycles. The molecule has 0 spiro atoms. The molecule has 0 saturated carbocycles. The van der Waals surface area contributed by atoms with Crippen LogP contribution in [0, 0.1) is 5.92 Å². The molecule has 102 valence electrons. The number of nitrogens with zero attached hydrogens (tertiary/aromatic N) is 2. The van der Waals surface area contributed by atoms with Crippen molar-refractivity contribution in [3.63, 3.8) is 0 Å². The van der Waals surface area contributed by atoms with E-state index < -0.39 is 0 Å². The van der Waals surface area contributed by atoms with Crippen LogP contribution >= 0.6 is 11.3 Å². The van der Waals surface area contributed by atoms with Crippen molar-refractivity contribution in [1.29, 1.82) is 0 Å². The van der Waals surface area contributed by atoms with Crippen molar-refractivity contribution in [3.05, 3.63) is 16.1 Å². The Labute approximate surface area is 114 Å². The van der Waals surface area contributed by atoms with Gasteiger partial charge in [-0.05, 0) is 38.9 Å². The second-order valence-electron chi connectivity index (χ2n) is 5.40. The molecule has 0 radical (unpaired) electrons. The van der Waals surface area contributed by atoms with Crippen LogP contribution in [0.5, 0.6) is 0 Å². The topological polar surface area (TPSA) is 36.4 Å². The average molecular weight is 268 g/mol. The number of likely N-dealkylation sites (tertiary alicyclic amines) is 1. The molecule has 1 fully saturated rings.